The molecular weight excluding hydrogens is 308 g/mol. The van der Waals surface area contributed by atoms with E-state index in [-0.39, 0.29) is 18.0 Å². The molecule has 116 valence electrons. The minimum atomic E-state index is -0.411. The van der Waals surface area contributed by atoms with E-state index in [4.69, 9.17) is 4.74 Å². The predicted molar refractivity (Wildman–Crippen MR) is 75.8 cm³/mol. The molecule has 22 heavy (non-hydrogen) atoms. The van der Waals surface area contributed by atoms with Gasteiger partial charge in [0.05, 0.1) is 12.2 Å². The molecule has 0 unspecified atom stereocenters. The fourth-order valence-corrected chi connectivity index (χ4v) is 1.70. The molecule has 1 N–H and O–H groups in total. The summed E-state index contributed by atoms with van der Waals surface area (Å²) < 4.78 is 5.42. The van der Waals surface area contributed by atoms with Crippen LogP contribution >= 0.6 is 0 Å². The standard InChI is InChI=1S/C15H14N2O4.ClH/c1-2-21-15(19)11-5-7-13(8-6-11)16-14(18)12-4-3-9-17(20)10-12;/h3-10H,2H2,1H3,(H,16,18);1H/p-1. The number of aromatic nitrogens is 1. The minimum absolute atomic E-state index is 0. The summed E-state index contributed by atoms with van der Waals surface area (Å²) in [6.07, 6.45) is 2.48. The molecule has 7 heteroatoms. The highest BCUT2D eigenvalue weighted by atomic mass is 35.5. The van der Waals surface area contributed by atoms with Crippen molar-refractivity contribution in [3.8, 4) is 0 Å². The van der Waals surface area contributed by atoms with Crippen LogP contribution in [-0.2, 0) is 4.74 Å². The highest BCUT2D eigenvalue weighted by Crippen LogP contribution is 2.12. The average Bonchev–Trinajstić information content (AvgIpc) is 2.48. The number of benzene rings is 1. The lowest BCUT2D eigenvalue weighted by Crippen LogP contribution is -3.00. The molecule has 0 fully saturated rings. The molecular formula is C15H14ClN2O4-. The number of hydrogen-bond acceptors (Lipinski definition) is 4. The number of nitrogens with zero attached hydrogens (tertiary/aromatic N) is 1. The molecule has 1 heterocycles. The van der Waals surface area contributed by atoms with Crippen LogP contribution in [0.2, 0.25) is 0 Å². The highest BCUT2D eigenvalue weighted by molar-refractivity contribution is 6.04. The number of rotatable bonds is 4. The van der Waals surface area contributed by atoms with Crippen LogP contribution in [0.1, 0.15) is 27.6 Å². The average molecular weight is 322 g/mol. The van der Waals surface area contributed by atoms with E-state index < -0.39 is 11.9 Å². The van der Waals surface area contributed by atoms with E-state index in [1.165, 1.54) is 24.5 Å². The molecule has 0 aliphatic heterocycles. The lowest BCUT2D eigenvalue weighted by molar-refractivity contribution is -0.605. The third kappa shape index (κ3) is 4.46. The molecule has 1 aromatic carbocycles. The van der Waals surface area contributed by atoms with Gasteiger partial charge in [0, 0.05) is 11.8 Å². The van der Waals surface area contributed by atoms with E-state index in [1.807, 2.05) is 0 Å². The summed E-state index contributed by atoms with van der Waals surface area (Å²) in [4.78, 5) is 23.4. The summed E-state index contributed by atoms with van der Waals surface area (Å²) in [5.74, 6) is -0.810. The molecule has 0 saturated heterocycles. The van der Waals surface area contributed by atoms with Gasteiger partial charge in [-0.2, -0.15) is 4.73 Å². The first-order valence-electron chi connectivity index (χ1n) is 6.37. The molecule has 2 aromatic rings. The van der Waals surface area contributed by atoms with Crippen LogP contribution in [0.3, 0.4) is 0 Å². The lowest BCUT2D eigenvalue weighted by Gasteiger charge is -2.06. The molecule has 0 bridgehead atoms. The number of amides is 1. The van der Waals surface area contributed by atoms with Crippen LogP contribution in [0.25, 0.3) is 0 Å². The zero-order valence-corrected chi connectivity index (χ0v) is 12.5. The van der Waals surface area contributed by atoms with Crippen LogP contribution in [-0.4, -0.2) is 18.5 Å². The fourth-order valence-electron chi connectivity index (χ4n) is 1.70. The summed E-state index contributed by atoms with van der Waals surface area (Å²) >= 11 is 0. The smallest absolute Gasteiger partial charge is 0.338 e. The molecule has 0 saturated carbocycles. The van der Waals surface area contributed by atoms with Crippen molar-refractivity contribution in [2.75, 3.05) is 11.9 Å². The van der Waals surface area contributed by atoms with Crippen LogP contribution in [0, 0.1) is 5.21 Å². The number of hydrogen-bond donors (Lipinski definition) is 1. The summed E-state index contributed by atoms with van der Waals surface area (Å²) in [5.41, 5.74) is 1.18. The molecule has 2 rings (SSSR count). The maximum atomic E-state index is 11.9. The van der Waals surface area contributed by atoms with E-state index in [0.717, 1.165) is 0 Å². The van der Waals surface area contributed by atoms with Gasteiger partial charge >= 0.3 is 5.97 Å². The zero-order valence-electron chi connectivity index (χ0n) is 11.8. The third-order valence-corrected chi connectivity index (χ3v) is 2.69. The van der Waals surface area contributed by atoms with Crippen molar-refractivity contribution >= 4 is 17.6 Å². The monoisotopic (exact) mass is 321 g/mol. The second-order valence-corrected chi connectivity index (χ2v) is 4.20. The third-order valence-electron chi connectivity index (χ3n) is 2.69. The summed E-state index contributed by atoms with van der Waals surface area (Å²) in [7, 11) is 0. The van der Waals surface area contributed by atoms with Gasteiger partial charge in [0.2, 0.25) is 0 Å². The Morgan fingerprint density at radius 2 is 1.86 bits per heavy atom. The van der Waals surface area contributed by atoms with Crippen molar-refractivity contribution < 1.29 is 31.5 Å². The number of anilines is 1. The van der Waals surface area contributed by atoms with Gasteiger partial charge in [0.15, 0.2) is 12.4 Å². The molecule has 1 amide bonds. The van der Waals surface area contributed by atoms with Crippen LogP contribution < -0.4 is 22.5 Å². The first-order valence-corrected chi connectivity index (χ1v) is 6.37. The number of nitrogens with one attached hydrogen (secondary N) is 1. The van der Waals surface area contributed by atoms with E-state index in [0.29, 0.717) is 22.6 Å². The summed E-state index contributed by atoms with van der Waals surface area (Å²) in [6, 6.07) is 9.35. The Morgan fingerprint density at radius 1 is 1.18 bits per heavy atom. The number of carbonyl (C=O) groups excluding carboxylic acids is 2. The van der Waals surface area contributed by atoms with Crippen molar-refractivity contribution in [1.82, 2.24) is 0 Å². The summed E-state index contributed by atoms with van der Waals surface area (Å²) in [6.45, 7) is 2.04. The van der Waals surface area contributed by atoms with E-state index in [1.54, 1.807) is 31.2 Å². The van der Waals surface area contributed by atoms with Gasteiger partial charge in [0.1, 0.15) is 5.56 Å². The van der Waals surface area contributed by atoms with Gasteiger partial charge in [-0.05, 0) is 37.3 Å². The Balaban J connectivity index is 0.00000242. The maximum Gasteiger partial charge on any atom is 0.338 e. The Kier molecular flexibility index (Phi) is 6.34. The second-order valence-electron chi connectivity index (χ2n) is 4.20. The van der Waals surface area contributed by atoms with Crippen molar-refractivity contribution in [3.63, 3.8) is 0 Å². The predicted octanol–water partition coefficient (Wildman–Crippen LogP) is -1.25. The van der Waals surface area contributed by atoms with Gasteiger partial charge in [-0.1, -0.05) is 0 Å². The minimum Gasteiger partial charge on any atom is -1.00 e. The molecule has 0 atom stereocenters. The van der Waals surface area contributed by atoms with Crippen molar-refractivity contribution in [3.05, 3.63) is 65.1 Å². The van der Waals surface area contributed by atoms with Crippen molar-refractivity contribution in [1.29, 1.82) is 0 Å². The quantitative estimate of drug-likeness (QED) is 0.433. The van der Waals surface area contributed by atoms with E-state index in [2.05, 4.69) is 5.32 Å². The fraction of sp³-hybridized carbons (Fsp3) is 0.133. The first kappa shape index (κ1) is 17.5. The Morgan fingerprint density at radius 3 is 2.45 bits per heavy atom. The van der Waals surface area contributed by atoms with Crippen LogP contribution in [0.4, 0.5) is 5.69 Å². The van der Waals surface area contributed by atoms with E-state index in [9.17, 15) is 14.8 Å². The zero-order chi connectivity index (χ0) is 15.2. The van der Waals surface area contributed by atoms with Gasteiger partial charge < -0.3 is 27.7 Å². The largest absolute Gasteiger partial charge is 1.00 e. The first-order chi connectivity index (χ1) is 10.1. The van der Waals surface area contributed by atoms with Crippen LogP contribution in [0.15, 0.2) is 48.8 Å². The lowest BCUT2D eigenvalue weighted by atomic mass is 10.2. The molecule has 0 aliphatic rings. The number of esters is 1. The topological polar surface area (TPSA) is 82.3 Å². The molecule has 1 aromatic heterocycles. The SMILES string of the molecule is CCOC(=O)c1ccc(NC(=O)c2ccc[n+]([O-])c2)cc1.[Cl-]. The maximum absolute atomic E-state index is 11.9. The van der Waals surface area contributed by atoms with Gasteiger partial charge in [0.25, 0.3) is 5.91 Å². The number of carbonyl (C=O) groups is 2. The normalized spacial score (nSPS) is 9.50. The van der Waals surface area contributed by atoms with Crippen molar-refractivity contribution in [2.24, 2.45) is 0 Å². The Labute approximate surface area is 133 Å². The summed E-state index contributed by atoms with van der Waals surface area (Å²) in [5, 5.41) is 13.8. The Hall–Kier alpha value is -2.60. The van der Waals surface area contributed by atoms with Gasteiger partial charge in [-0.3, -0.25) is 4.79 Å². The number of halogens is 1. The second kappa shape index (κ2) is 7.99. The van der Waals surface area contributed by atoms with Gasteiger partial charge in [-0.15, -0.1) is 0 Å². The number of ether oxygens (including phenoxy) is 1. The molecule has 0 radical (unpaired) electrons. The Bertz CT molecular complexity index is 659. The molecule has 0 spiro atoms. The number of pyridine rings is 1. The van der Waals surface area contributed by atoms with Crippen molar-refractivity contribution in [2.45, 2.75) is 6.92 Å². The van der Waals surface area contributed by atoms with E-state index >= 15 is 0 Å². The van der Waals surface area contributed by atoms with Gasteiger partial charge in [-0.25, -0.2) is 4.79 Å². The molecule has 0 aliphatic carbocycles. The van der Waals surface area contributed by atoms with Crippen LogP contribution in [0.5, 0.6) is 0 Å². The molecule has 6 nitrogen and oxygen atoms in total. The highest BCUT2D eigenvalue weighted by Gasteiger charge is 2.10.